The molecule has 0 saturated heterocycles. The van der Waals surface area contributed by atoms with Gasteiger partial charge in [0.05, 0.1) is 0 Å². The Morgan fingerprint density at radius 1 is 1.05 bits per heavy atom. The molecule has 104 valence electrons. The standard InChI is InChI=1S/C16H16FNO2/c17-13-7-5-12(6-8-13)9-18-10-14-11-19-15-3-1-2-4-16(15)20-14/h1-8,14,18H,9-11H2. The molecule has 1 atom stereocenters. The van der Waals surface area contributed by atoms with Gasteiger partial charge in [0.25, 0.3) is 0 Å². The summed E-state index contributed by atoms with van der Waals surface area (Å²) in [6, 6.07) is 14.1. The van der Waals surface area contributed by atoms with Crippen LogP contribution in [0.4, 0.5) is 4.39 Å². The zero-order valence-corrected chi connectivity index (χ0v) is 11.0. The minimum Gasteiger partial charge on any atom is -0.486 e. The molecule has 0 fully saturated rings. The van der Waals surface area contributed by atoms with E-state index < -0.39 is 0 Å². The zero-order valence-electron chi connectivity index (χ0n) is 11.0. The van der Waals surface area contributed by atoms with E-state index in [1.165, 1.54) is 12.1 Å². The number of hydrogen-bond acceptors (Lipinski definition) is 3. The molecule has 0 aromatic heterocycles. The second-order valence-electron chi connectivity index (χ2n) is 4.75. The van der Waals surface area contributed by atoms with Crippen molar-refractivity contribution >= 4 is 0 Å². The van der Waals surface area contributed by atoms with Crippen molar-refractivity contribution in [2.24, 2.45) is 0 Å². The summed E-state index contributed by atoms with van der Waals surface area (Å²) in [5, 5.41) is 3.29. The Bertz CT molecular complexity index is 571. The maximum atomic E-state index is 12.8. The Morgan fingerprint density at radius 2 is 1.80 bits per heavy atom. The molecule has 3 rings (SSSR count). The Labute approximate surface area is 117 Å². The third-order valence-corrected chi connectivity index (χ3v) is 3.18. The molecule has 0 aliphatic carbocycles. The van der Waals surface area contributed by atoms with Gasteiger partial charge < -0.3 is 14.8 Å². The molecular formula is C16H16FNO2. The number of rotatable bonds is 4. The molecule has 0 spiro atoms. The van der Waals surface area contributed by atoms with E-state index in [1.807, 2.05) is 24.3 Å². The van der Waals surface area contributed by atoms with Crippen LogP contribution < -0.4 is 14.8 Å². The summed E-state index contributed by atoms with van der Waals surface area (Å²) in [6.07, 6.45) is -0.00894. The minimum absolute atomic E-state index is 0.00894. The van der Waals surface area contributed by atoms with Crippen molar-refractivity contribution in [1.29, 1.82) is 0 Å². The first-order chi connectivity index (χ1) is 9.81. The highest BCUT2D eigenvalue weighted by molar-refractivity contribution is 5.40. The number of nitrogens with one attached hydrogen (secondary N) is 1. The lowest BCUT2D eigenvalue weighted by atomic mass is 10.2. The summed E-state index contributed by atoms with van der Waals surface area (Å²) >= 11 is 0. The number of para-hydroxylation sites is 2. The molecule has 1 aliphatic heterocycles. The Kier molecular flexibility index (Phi) is 3.83. The summed E-state index contributed by atoms with van der Waals surface area (Å²) in [6.45, 7) is 1.90. The van der Waals surface area contributed by atoms with E-state index in [1.54, 1.807) is 12.1 Å². The van der Waals surface area contributed by atoms with Gasteiger partial charge in [0, 0.05) is 13.1 Å². The topological polar surface area (TPSA) is 30.5 Å². The third kappa shape index (κ3) is 3.08. The van der Waals surface area contributed by atoms with Crippen LogP contribution in [0.25, 0.3) is 0 Å². The Morgan fingerprint density at radius 3 is 2.60 bits per heavy atom. The molecule has 3 nitrogen and oxygen atoms in total. The van der Waals surface area contributed by atoms with E-state index >= 15 is 0 Å². The zero-order chi connectivity index (χ0) is 13.8. The molecule has 0 amide bonds. The molecule has 1 unspecified atom stereocenters. The van der Waals surface area contributed by atoms with Crippen LogP contribution in [0.5, 0.6) is 11.5 Å². The van der Waals surface area contributed by atoms with Crippen LogP contribution in [0.15, 0.2) is 48.5 Å². The normalized spacial score (nSPS) is 16.9. The quantitative estimate of drug-likeness (QED) is 0.929. The first-order valence-corrected chi connectivity index (χ1v) is 6.65. The van der Waals surface area contributed by atoms with Gasteiger partial charge in [-0.1, -0.05) is 24.3 Å². The van der Waals surface area contributed by atoms with Crippen molar-refractivity contribution in [3.8, 4) is 11.5 Å². The molecular weight excluding hydrogens is 257 g/mol. The van der Waals surface area contributed by atoms with Gasteiger partial charge in [0.1, 0.15) is 18.5 Å². The van der Waals surface area contributed by atoms with E-state index in [4.69, 9.17) is 9.47 Å². The van der Waals surface area contributed by atoms with Gasteiger partial charge in [0.15, 0.2) is 11.5 Å². The van der Waals surface area contributed by atoms with Gasteiger partial charge in [-0.25, -0.2) is 4.39 Å². The highest BCUT2D eigenvalue weighted by atomic mass is 19.1. The summed E-state index contributed by atoms with van der Waals surface area (Å²) in [5.41, 5.74) is 1.04. The number of fused-ring (bicyclic) bond motifs is 1. The van der Waals surface area contributed by atoms with Crippen LogP contribution in [0, 0.1) is 5.82 Å². The average Bonchev–Trinajstić information content (AvgIpc) is 2.49. The molecule has 0 radical (unpaired) electrons. The summed E-state index contributed by atoms with van der Waals surface area (Å²) in [5.74, 6) is 1.36. The highest BCUT2D eigenvalue weighted by Crippen LogP contribution is 2.30. The van der Waals surface area contributed by atoms with Crippen molar-refractivity contribution in [2.45, 2.75) is 12.6 Å². The molecule has 0 bridgehead atoms. The average molecular weight is 273 g/mol. The summed E-state index contributed by atoms with van der Waals surface area (Å²) in [7, 11) is 0. The van der Waals surface area contributed by atoms with Gasteiger partial charge in [-0.3, -0.25) is 0 Å². The molecule has 2 aromatic rings. The van der Waals surface area contributed by atoms with Crippen LogP contribution in [-0.4, -0.2) is 19.3 Å². The maximum Gasteiger partial charge on any atom is 0.161 e. The number of benzene rings is 2. The van der Waals surface area contributed by atoms with Gasteiger partial charge >= 0.3 is 0 Å². The summed E-state index contributed by atoms with van der Waals surface area (Å²) in [4.78, 5) is 0. The van der Waals surface area contributed by atoms with Crippen LogP contribution in [0.1, 0.15) is 5.56 Å². The number of ether oxygens (including phenoxy) is 2. The van der Waals surface area contributed by atoms with Gasteiger partial charge in [-0.05, 0) is 29.8 Å². The largest absolute Gasteiger partial charge is 0.486 e. The lowest BCUT2D eigenvalue weighted by molar-refractivity contribution is 0.0902. The summed E-state index contributed by atoms with van der Waals surface area (Å²) < 4.78 is 24.3. The lowest BCUT2D eigenvalue weighted by Gasteiger charge is -2.26. The number of hydrogen-bond donors (Lipinski definition) is 1. The third-order valence-electron chi connectivity index (χ3n) is 3.18. The highest BCUT2D eigenvalue weighted by Gasteiger charge is 2.19. The minimum atomic E-state index is -0.214. The monoisotopic (exact) mass is 273 g/mol. The van der Waals surface area contributed by atoms with E-state index in [-0.39, 0.29) is 11.9 Å². The Balaban J connectivity index is 1.49. The molecule has 1 N–H and O–H groups in total. The lowest BCUT2D eigenvalue weighted by Crippen LogP contribution is -2.38. The molecule has 20 heavy (non-hydrogen) atoms. The SMILES string of the molecule is Fc1ccc(CNCC2COc3ccccc3O2)cc1. The van der Waals surface area contributed by atoms with Gasteiger partial charge in [0.2, 0.25) is 0 Å². The maximum absolute atomic E-state index is 12.8. The van der Waals surface area contributed by atoms with Crippen molar-refractivity contribution in [3.05, 3.63) is 59.9 Å². The molecule has 1 heterocycles. The Hall–Kier alpha value is -2.07. The predicted octanol–water partition coefficient (Wildman–Crippen LogP) is 2.76. The fraction of sp³-hybridized carbons (Fsp3) is 0.250. The van der Waals surface area contributed by atoms with Crippen LogP contribution in [0.3, 0.4) is 0 Å². The van der Waals surface area contributed by atoms with E-state index in [0.29, 0.717) is 19.7 Å². The molecule has 2 aromatic carbocycles. The molecule has 1 aliphatic rings. The number of halogens is 1. The van der Waals surface area contributed by atoms with E-state index in [2.05, 4.69) is 5.32 Å². The van der Waals surface area contributed by atoms with Crippen molar-refractivity contribution in [2.75, 3.05) is 13.2 Å². The smallest absolute Gasteiger partial charge is 0.161 e. The molecule has 4 heteroatoms. The van der Waals surface area contributed by atoms with Gasteiger partial charge in [-0.15, -0.1) is 0 Å². The first kappa shape index (κ1) is 12.9. The first-order valence-electron chi connectivity index (χ1n) is 6.65. The van der Waals surface area contributed by atoms with Gasteiger partial charge in [-0.2, -0.15) is 0 Å². The van der Waals surface area contributed by atoms with E-state index in [9.17, 15) is 4.39 Å². The van der Waals surface area contributed by atoms with Crippen molar-refractivity contribution in [1.82, 2.24) is 5.32 Å². The molecule has 0 saturated carbocycles. The van der Waals surface area contributed by atoms with E-state index in [0.717, 1.165) is 17.1 Å². The predicted molar refractivity (Wildman–Crippen MR) is 74.5 cm³/mol. The van der Waals surface area contributed by atoms with Crippen molar-refractivity contribution < 1.29 is 13.9 Å². The second-order valence-corrected chi connectivity index (χ2v) is 4.75. The van der Waals surface area contributed by atoms with Crippen LogP contribution >= 0.6 is 0 Å². The van der Waals surface area contributed by atoms with Crippen molar-refractivity contribution in [3.63, 3.8) is 0 Å². The van der Waals surface area contributed by atoms with Crippen LogP contribution in [-0.2, 0) is 6.54 Å². The fourth-order valence-corrected chi connectivity index (χ4v) is 2.14. The van der Waals surface area contributed by atoms with Crippen LogP contribution in [0.2, 0.25) is 0 Å². The fourth-order valence-electron chi connectivity index (χ4n) is 2.14. The second kappa shape index (κ2) is 5.92.